The van der Waals surface area contributed by atoms with Crippen LogP contribution in [0.25, 0.3) is 11.1 Å². The predicted octanol–water partition coefficient (Wildman–Crippen LogP) is 4.34. The number of oxazole rings is 1. The van der Waals surface area contributed by atoms with E-state index in [-0.39, 0.29) is 11.1 Å². The summed E-state index contributed by atoms with van der Waals surface area (Å²) in [7, 11) is 0. The Morgan fingerprint density at radius 1 is 1.05 bits per heavy atom. The van der Waals surface area contributed by atoms with Gasteiger partial charge in [0.05, 0.1) is 0 Å². The number of aromatic nitrogens is 1. The fraction of sp³-hybridized carbons (Fsp3) is 0.364. The van der Waals surface area contributed by atoms with E-state index < -0.39 is 24.2 Å². The molecule has 0 fully saturated rings. The minimum Gasteiger partial charge on any atom is -0.440 e. The molecule has 0 aliphatic heterocycles. The van der Waals surface area contributed by atoms with Crippen molar-refractivity contribution < 1.29 is 30.8 Å². The van der Waals surface area contributed by atoms with Crippen LogP contribution >= 0.6 is 0 Å². The van der Waals surface area contributed by atoms with Crippen LogP contribution in [0.2, 0.25) is 0 Å². The van der Waals surface area contributed by atoms with Crippen LogP contribution in [0, 0.1) is 6.92 Å². The summed E-state index contributed by atoms with van der Waals surface area (Å²) in [5.74, 6) is -5.10. The lowest BCUT2D eigenvalue weighted by Gasteiger charge is -2.19. The second kappa shape index (κ2) is 4.14. The second-order valence-electron chi connectivity index (χ2n) is 4.04. The standard InChI is InChI=1S/C11H7F6NO/c1-5-2-3-7-6(4-5)18-9(19-7)8(10(12,13)14)11(15,16)17/h2-4,8H,1H3. The van der Waals surface area contributed by atoms with Crippen molar-refractivity contribution in [2.24, 2.45) is 0 Å². The molecule has 0 aliphatic carbocycles. The molecule has 1 aromatic heterocycles. The summed E-state index contributed by atoms with van der Waals surface area (Å²) < 4.78 is 79.5. The number of hydrogen-bond donors (Lipinski definition) is 0. The Balaban J connectivity index is 2.57. The zero-order chi connectivity index (χ0) is 14.4. The third-order valence-electron chi connectivity index (χ3n) is 2.46. The van der Waals surface area contributed by atoms with Gasteiger partial charge >= 0.3 is 12.4 Å². The number of nitrogens with zero attached hydrogens (tertiary/aromatic N) is 1. The first-order valence-electron chi connectivity index (χ1n) is 5.09. The number of hydrogen-bond acceptors (Lipinski definition) is 2. The molecule has 0 spiro atoms. The van der Waals surface area contributed by atoms with E-state index in [0.717, 1.165) is 0 Å². The van der Waals surface area contributed by atoms with Gasteiger partial charge in [0.2, 0.25) is 11.8 Å². The largest absolute Gasteiger partial charge is 0.440 e. The maximum atomic E-state index is 12.5. The number of fused-ring (bicyclic) bond motifs is 1. The first kappa shape index (κ1) is 13.7. The van der Waals surface area contributed by atoms with Crippen LogP contribution in [0.1, 0.15) is 17.4 Å². The summed E-state index contributed by atoms with van der Waals surface area (Å²) in [4.78, 5) is 3.30. The molecule has 0 N–H and O–H groups in total. The first-order valence-corrected chi connectivity index (χ1v) is 5.09. The van der Waals surface area contributed by atoms with Gasteiger partial charge in [0.25, 0.3) is 0 Å². The Kier molecular flexibility index (Phi) is 2.98. The number of halogens is 6. The van der Waals surface area contributed by atoms with Gasteiger partial charge < -0.3 is 4.42 Å². The van der Waals surface area contributed by atoms with Crippen molar-refractivity contribution in [3.8, 4) is 0 Å². The van der Waals surface area contributed by atoms with E-state index in [9.17, 15) is 26.3 Å². The summed E-state index contributed by atoms with van der Waals surface area (Å²) in [5.41, 5.74) is 0.510. The van der Waals surface area contributed by atoms with Crippen LogP contribution in [-0.4, -0.2) is 17.3 Å². The van der Waals surface area contributed by atoms with Crippen molar-refractivity contribution in [1.82, 2.24) is 4.98 Å². The zero-order valence-corrected chi connectivity index (χ0v) is 9.43. The van der Waals surface area contributed by atoms with Crippen molar-refractivity contribution in [2.75, 3.05) is 0 Å². The molecule has 2 aromatic rings. The van der Waals surface area contributed by atoms with Gasteiger partial charge in [0, 0.05) is 0 Å². The molecule has 0 bridgehead atoms. The number of rotatable bonds is 1. The molecule has 0 unspecified atom stereocenters. The molecule has 0 radical (unpaired) electrons. The summed E-state index contributed by atoms with van der Waals surface area (Å²) in [6, 6.07) is 4.14. The quantitative estimate of drug-likeness (QED) is 0.727. The molecule has 0 saturated carbocycles. The molecule has 0 aliphatic rings. The highest BCUT2D eigenvalue weighted by Crippen LogP contribution is 2.46. The Morgan fingerprint density at radius 2 is 1.63 bits per heavy atom. The second-order valence-corrected chi connectivity index (χ2v) is 4.04. The Morgan fingerprint density at radius 3 is 2.16 bits per heavy atom. The maximum Gasteiger partial charge on any atom is 0.409 e. The summed E-state index contributed by atoms with van der Waals surface area (Å²) in [6.45, 7) is 1.64. The third-order valence-corrected chi connectivity index (χ3v) is 2.46. The van der Waals surface area contributed by atoms with Crippen LogP contribution in [0.3, 0.4) is 0 Å². The Bertz CT molecular complexity index is 583. The lowest BCUT2D eigenvalue weighted by molar-refractivity contribution is -0.258. The zero-order valence-electron chi connectivity index (χ0n) is 9.43. The number of alkyl halides is 6. The fourth-order valence-electron chi connectivity index (χ4n) is 1.64. The van der Waals surface area contributed by atoms with Crippen LogP contribution < -0.4 is 0 Å². The SMILES string of the molecule is Cc1ccc2oc(C(C(F)(F)F)C(F)(F)F)nc2c1. The van der Waals surface area contributed by atoms with Gasteiger partial charge in [-0.05, 0) is 24.6 Å². The molecule has 1 aromatic carbocycles. The van der Waals surface area contributed by atoms with Crippen molar-refractivity contribution in [1.29, 1.82) is 0 Å². The highest BCUT2D eigenvalue weighted by Gasteiger charge is 2.60. The van der Waals surface area contributed by atoms with Crippen LogP contribution in [-0.2, 0) is 0 Å². The Labute approximate surface area is 103 Å². The van der Waals surface area contributed by atoms with Crippen molar-refractivity contribution >= 4 is 11.1 Å². The maximum absolute atomic E-state index is 12.5. The molecule has 0 atom stereocenters. The average Bonchev–Trinajstić information content (AvgIpc) is 2.54. The summed E-state index contributed by atoms with van der Waals surface area (Å²) in [6.07, 6.45) is -11.0. The highest BCUT2D eigenvalue weighted by atomic mass is 19.4. The normalized spacial score (nSPS) is 13.5. The third kappa shape index (κ3) is 2.66. The first-order chi connectivity index (χ1) is 8.59. The van der Waals surface area contributed by atoms with Crippen molar-refractivity contribution in [3.63, 3.8) is 0 Å². The molecule has 2 rings (SSSR count). The molecular formula is C11H7F6NO. The van der Waals surface area contributed by atoms with Crippen LogP contribution in [0.4, 0.5) is 26.3 Å². The average molecular weight is 283 g/mol. The lowest BCUT2D eigenvalue weighted by Crippen LogP contribution is -2.34. The molecule has 1 heterocycles. The van der Waals surface area contributed by atoms with Gasteiger partial charge in [-0.2, -0.15) is 26.3 Å². The van der Waals surface area contributed by atoms with Gasteiger partial charge in [-0.3, -0.25) is 0 Å². The molecule has 0 amide bonds. The van der Waals surface area contributed by atoms with E-state index in [2.05, 4.69) is 9.40 Å². The minimum atomic E-state index is -5.51. The molecular weight excluding hydrogens is 276 g/mol. The van der Waals surface area contributed by atoms with Gasteiger partial charge in [0.1, 0.15) is 5.52 Å². The van der Waals surface area contributed by atoms with Gasteiger partial charge in [-0.1, -0.05) is 6.07 Å². The topological polar surface area (TPSA) is 26.0 Å². The van der Waals surface area contributed by atoms with E-state index in [1.807, 2.05) is 0 Å². The molecule has 2 nitrogen and oxygen atoms in total. The monoisotopic (exact) mass is 283 g/mol. The highest BCUT2D eigenvalue weighted by molar-refractivity contribution is 5.73. The van der Waals surface area contributed by atoms with E-state index in [1.165, 1.54) is 18.2 Å². The van der Waals surface area contributed by atoms with Crippen LogP contribution in [0.5, 0.6) is 0 Å². The lowest BCUT2D eigenvalue weighted by atomic mass is 10.1. The van der Waals surface area contributed by atoms with E-state index >= 15 is 0 Å². The van der Waals surface area contributed by atoms with Gasteiger partial charge in [-0.15, -0.1) is 0 Å². The smallest absolute Gasteiger partial charge is 0.409 e. The number of benzene rings is 1. The van der Waals surface area contributed by atoms with E-state index in [0.29, 0.717) is 5.56 Å². The summed E-state index contributed by atoms with van der Waals surface area (Å²) >= 11 is 0. The molecule has 8 heteroatoms. The molecule has 104 valence electrons. The van der Waals surface area contributed by atoms with Crippen molar-refractivity contribution in [3.05, 3.63) is 29.7 Å². The van der Waals surface area contributed by atoms with Gasteiger partial charge in [-0.25, -0.2) is 4.98 Å². The Hall–Kier alpha value is -1.73. The summed E-state index contributed by atoms with van der Waals surface area (Å²) in [5, 5.41) is 0. The van der Waals surface area contributed by atoms with Crippen molar-refractivity contribution in [2.45, 2.75) is 25.2 Å². The molecule has 19 heavy (non-hydrogen) atoms. The molecule has 0 saturated heterocycles. The number of aryl methyl sites for hydroxylation is 1. The van der Waals surface area contributed by atoms with E-state index in [4.69, 9.17) is 0 Å². The predicted molar refractivity (Wildman–Crippen MR) is 53.6 cm³/mol. The van der Waals surface area contributed by atoms with Crippen LogP contribution in [0.15, 0.2) is 22.6 Å². The van der Waals surface area contributed by atoms with E-state index in [1.54, 1.807) is 6.92 Å². The minimum absolute atomic E-state index is 0.0338. The fourth-order valence-corrected chi connectivity index (χ4v) is 1.64. The van der Waals surface area contributed by atoms with Gasteiger partial charge in [0.15, 0.2) is 5.58 Å².